The second-order valence-electron chi connectivity index (χ2n) is 4.32. The molecule has 0 aliphatic heterocycles. The van der Waals surface area contributed by atoms with Crippen LogP contribution in [-0.4, -0.2) is 17.5 Å². The SMILES string of the molecule is C/C(=C/C=O)CC(O)C1CCCCC1. The predicted molar refractivity (Wildman–Crippen MR) is 57.0 cm³/mol. The lowest BCUT2D eigenvalue weighted by atomic mass is 9.83. The first-order valence-electron chi connectivity index (χ1n) is 5.53. The Morgan fingerprint density at radius 2 is 2.07 bits per heavy atom. The van der Waals surface area contributed by atoms with Crippen LogP contribution in [-0.2, 0) is 4.79 Å². The lowest BCUT2D eigenvalue weighted by molar-refractivity contribution is -0.104. The minimum Gasteiger partial charge on any atom is -0.393 e. The second kappa shape index (κ2) is 5.97. The van der Waals surface area contributed by atoms with E-state index in [-0.39, 0.29) is 6.10 Å². The number of aldehydes is 1. The minimum atomic E-state index is -0.244. The van der Waals surface area contributed by atoms with Gasteiger partial charge < -0.3 is 5.11 Å². The molecule has 2 nitrogen and oxygen atoms in total. The van der Waals surface area contributed by atoms with Gasteiger partial charge in [0.15, 0.2) is 0 Å². The minimum absolute atomic E-state index is 0.244. The molecule has 1 aliphatic rings. The van der Waals surface area contributed by atoms with Crippen molar-refractivity contribution in [2.75, 3.05) is 0 Å². The van der Waals surface area contributed by atoms with Gasteiger partial charge in [-0.2, -0.15) is 0 Å². The van der Waals surface area contributed by atoms with Gasteiger partial charge in [0.25, 0.3) is 0 Å². The first-order chi connectivity index (χ1) is 6.74. The third kappa shape index (κ3) is 3.62. The molecule has 1 unspecified atom stereocenters. The van der Waals surface area contributed by atoms with Gasteiger partial charge in [0, 0.05) is 0 Å². The largest absolute Gasteiger partial charge is 0.393 e. The third-order valence-electron chi connectivity index (χ3n) is 3.08. The van der Waals surface area contributed by atoms with Gasteiger partial charge in [-0.1, -0.05) is 24.8 Å². The molecule has 0 aromatic heterocycles. The van der Waals surface area contributed by atoms with Gasteiger partial charge >= 0.3 is 0 Å². The van der Waals surface area contributed by atoms with Gasteiger partial charge in [-0.15, -0.1) is 0 Å². The van der Waals surface area contributed by atoms with E-state index in [4.69, 9.17) is 0 Å². The second-order valence-corrected chi connectivity index (χ2v) is 4.32. The van der Waals surface area contributed by atoms with Crippen molar-refractivity contribution in [3.8, 4) is 0 Å². The lowest BCUT2D eigenvalue weighted by Gasteiger charge is -2.26. The predicted octanol–water partition coefficient (Wildman–Crippen LogP) is 2.46. The van der Waals surface area contributed by atoms with Crippen molar-refractivity contribution in [2.24, 2.45) is 5.92 Å². The summed E-state index contributed by atoms with van der Waals surface area (Å²) in [6.07, 6.45) is 8.86. The van der Waals surface area contributed by atoms with Gasteiger partial charge in [0.2, 0.25) is 0 Å². The average Bonchev–Trinajstić information content (AvgIpc) is 2.19. The topological polar surface area (TPSA) is 37.3 Å². The maximum absolute atomic E-state index is 10.2. The van der Waals surface area contributed by atoms with Crippen LogP contribution in [0.1, 0.15) is 45.4 Å². The van der Waals surface area contributed by atoms with E-state index in [1.807, 2.05) is 6.92 Å². The van der Waals surface area contributed by atoms with E-state index in [1.165, 1.54) is 19.3 Å². The van der Waals surface area contributed by atoms with E-state index in [0.717, 1.165) is 24.7 Å². The van der Waals surface area contributed by atoms with Crippen LogP contribution >= 0.6 is 0 Å². The zero-order valence-corrected chi connectivity index (χ0v) is 8.91. The molecule has 0 amide bonds. The molecular weight excluding hydrogens is 176 g/mol. The van der Waals surface area contributed by atoms with Crippen LogP contribution in [0.3, 0.4) is 0 Å². The molecule has 1 saturated carbocycles. The molecule has 2 heteroatoms. The van der Waals surface area contributed by atoms with Crippen molar-refractivity contribution in [2.45, 2.75) is 51.6 Å². The summed E-state index contributed by atoms with van der Waals surface area (Å²) in [6, 6.07) is 0. The van der Waals surface area contributed by atoms with Crippen LogP contribution in [0.25, 0.3) is 0 Å². The molecule has 0 radical (unpaired) electrons. The van der Waals surface area contributed by atoms with E-state index in [2.05, 4.69) is 0 Å². The van der Waals surface area contributed by atoms with E-state index in [0.29, 0.717) is 12.3 Å². The summed E-state index contributed by atoms with van der Waals surface area (Å²) in [4.78, 5) is 10.2. The summed E-state index contributed by atoms with van der Waals surface area (Å²) in [5, 5.41) is 9.91. The molecule has 0 spiro atoms. The highest BCUT2D eigenvalue weighted by Crippen LogP contribution is 2.28. The number of rotatable bonds is 4. The maximum atomic E-state index is 10.2. The van der Waals surface area contributed by atoms with Crippen molar-refractivity contribution < 1.29 is 9.90 Å². The number of aliphatic hydroxyl groups excluding tert-OH is 1. The van der Waals surface area contributed by atoms with Crippen LogP contribution in [0.4, 0.5) is 0 Å². The highest BCUT2D eigenvalue weighted by molar-refractivity contribution is 5.65. The van der Waals surface area contributed by atoms with Crippen LogP contribution in [0.2, 0.25) is 0 Å². The van der Waals surface area contributed by atoms with Crippen LogP contribution < -0.4 is 0 Å². The molecule has 1 aliphatic carbocycles. The van der Waals surface area contributed by atoms with Crippen molar-refractivity contribution in [3.05, 3.63) is 11.6 Å². The molecule has 1 fully saturated rings. The lowest BCUT2D eigenvalue weighted by Crippen LogP contribution is -2.23. The summed E-state index contributed by atoms with van der Waals surface area (Å²) in [7, 11) is 0. The van der Waals surface area contributed by atoms with Gasteiger partial charge in [-0.25, -0.2) is 0 Å². The van der Waals surface area contributed by atoms with Crippen molar-refractivity contribution in [1.82, 2.24) is 0 Å². The Bertz CT molecular complexity index is 202. The molecule has 0 saturated heterocycles. The highest BCUT2D eigenvalue weighted by Gasteiger charge is 2.21. The smallest absolute Gasteiger partial charge is 0.142 e. The van der Waals surface area contributed by atoms with Crippen molar-refractivity contribution in [1.29, 1.82) is 0 Å². The van der Waals surface area contributed by atoms with Gasteiger partial charge in [-0.05, 0) is 38.2 Å². The molecule has 1 N–H and O–H groups in total. The zero-order chi connectivity index (χ0) is 10.4. The van der Waals surface area contributed by atoms with E-state index >= 15 is 0 Å². The summed E-state index contributed by atoms with van der Waals surface area (Å²) in [6.45, 7) is 1.90. The molecule has 80 valence electrons. The maximum Gasteiger partial charge on any atom is 0.142 e. The Kier molecular flexibility index (Phi) is 4.88. The van der Waals surface area contributed by atoms with Crippen LogP contribution in [0, 0.1) is 5.92 Å². The summed E-state index contributed by atoms with van der Waals surface area (Å²) in [5.74, 6) is 0.457. The number of hydrogen-bond acceptors (Lipinski definition) is 2. The molecule has 14 heavy (non-hydrogen) atoms. The van der Waals surface area contributed by atoms with Gasteiger partial charge in [0.05, 0.1) is 6.10 Å². The Balaban J connectivity index is 2.35. The van der Waals surface area contributed by atoms with Crippen molar-refractivity contribution in [3.63, 3.8) is 0 Å². The normalized spacial score (nSPS) is 22.0. The van der Waals surface area contributed by atoms with Gasteiger partial charge in [0.1, 0.15) is 6.29 Å². The van der Waals surface area contributed by atoms with E-state index < -0.39 is 0 Å². The Morgan fingerprint density at radius 3 is 2.64 bits per heavy atom. The number of aliphatic hydroxyl groups is 1. The number of carbonyl (C=O) groups is 1. The fraction of sp³-hybridized carbons (Fsp3) is 0.750. The number of hydrogen-bond donors (Lipinski definition) is 1. The first kappa shape index (κ1) is 11.4. The standard InChI is InChI=1S/C12H20O2/c1-10(7-8-13)9-12(14)11-5-3-2-4-6-11/h7-8,11-12,14H,2-6,9H2,1H3/b10-7-. The highest BCUT2D eigenvalue weighted by atomic mass is 16.3. The quantitative estimate of drug-likeness (QED) is 0.554. The average molecular weight is 196 g/mol. The molecule has 0 aromatic rings. The Labute approximate surface area is 86.0 Å². The summed E-state index contributed by atoms with van der Waals surface area (Å²) in [5.41, 5.74) is 0.984. The monoisotopic (exact) mass is 196 g/mol. The number of carbonyl (C=O) groups excluding carboxylic acids is 1. The van der Waals surface area contributed by atoms with E-state index in [1.54, 1.807) is 6.08 Å². The van der Waals surface area contributed by atoms with Gasteiger partial charge in [-0.3, -0.25) is 4.79 Å². The third-order valence-corrected chi connectivity index (χ3v) is 3.08. The number of allylic oxidation sites excluding steroid dienone is 1. The molecule has 1 atom stereocenters. The molecule has 1 rings (SSSR count). The zero-order valence-electron chi connectivity index (χ0n) is 8.91. The summed E-state index contributed by atoms with van der Waals surface area (Å²) < 4.78 is 0. The fourth-order valence-corrected chi connectivity index (χ4v) is 2.20. The summed E-state index contributed by atoms with van der Waals surface area (Å²) >= 11 is 0. The van der Waals surface area contributed by atoms with Crippen LogP contribution in [0.15, 0.2) is 11.6 Å². The first-order valence-corrected chi connectivity index (χ1v) is 5.53. The van der Waals surface area contributed by atoms with E-state index in [9.17, 15) is 9.90 Å². The molecule has 0 aromatic carbocycles. The Hall–Kier alpha value is -0.630. The van der Waals surface area contributed by atoms with Crippen molar-refractivity contribution >= 4 is 6.29 Å². The molecule has 0 heterocycles. The molecule has 0 bridgehead atoms. The Morgan fingerprint density at radius 1 is 1.43 bits per heavy atom. The fourth-order valence-electron chi connectivity index (χ4n) is 2.20. The van der Waals surface area contributed by atoms with Crippen LogP contribution in [0.5, 0.6) is 0 Å². The molecular formula is C12H20O2.